The fraction of sp³-hybridized carbons (Fsp3) is 0.522. The number of nitrogens with one attached hydrogen (secondary N) is 1. The van der Waals surface area contributed by atoms with Crippen LogP contribution < -0.4 is 3.53 Å². The number of hydrogen-bond donors (Lipinski definition) is 4. The summed E-state index contributed by atoms with van der Waals surface area (Å²) in [7, 11) is 0. The first-order chi connectivity index (χ1) is 13.8. The largest absolute Gasteiger partial charge is 0.507 e. The summed E-state index contributed by atoms with van der Waals surface area (Å²) < 4.78 is 2.96. The van der Waals surface area contributed by atoms with Gasteiger partial charge in [0.15, 0.2) is 0 Å². The Kier molecular flexibility index (Phi) is 8.43. The molecule has 0 fully saturated rings. The van der Waals surface area contributed by atoms with Crippen molar-refractivity contribution in [3.8, 4) is 11.5 Å². The van der Waals surface area contributed by atoms with Gasteiger partial charge < -0.3 is 18.8 Å². The molecule has 0 aromatic heterocycles. The van der Waals surface area contributed by atoms with Crippen molar-refractivity contribution >= 4 is 34.5 Å². The van der Waals surface area contributed by atoms with Crippen molar-refractivity contribution in [2.24, 2.45) is 5.92 Å². The Hall–Kier alpha value is -1.70. The van der Waals surface area contributed by atoms with E-state index in [9.17, 15) is 20.1 Å². The van der Waals surface area contributed by atoms with E-state index in [0.717, 1.165) is 44.1 Å². The van der Waals surface area contributed by atoms with Crippen LogP contribution in [0.3, 0.4) is 0 Å². The number of aromatic carboxylic acids is 1. The molecule has 0 heterocycles. The van der Waals surface area contributed by atoms with E-state index in [4.69, 9.17) is 0 Å². The van der Waals surface area contributed by atoms with Crippen LogP contribution in [-0.4, -0.2) is 21.3 Å². The van der Waals surface area contributed by atoms with Crippen molar-refractivity contribution in [3.05, 3.63) is 40.5 Å². The molecule has 5 nitrogen and oxygen atoms in total. The molecule has 0 spiro atoms. The lowest BCUT2D eigenvalue weighted by Crippen LogP contribution is -2.19. The molecule has 1 aromatic rings. The molecule has 1 aliphatic carbocycles. The lowest BCUT2D eigenvalue weighted by molar-refractivity contribution is 0.0692. The normalized spacial score (nSPS) is 19.0. The maximum absolute atomic E-state index is 12.1. The summed E-state index contributed by atoms with van der Waals surface area (Å²) in [6, 6.07) is 0. The van der Waals surface area contributed by atoms with Gasteiger partial charge in [0.05, 0.1) is 28.6 Å². The molecule has 2 atom stereocenters. The Morgan fingerprint density at radius 2 is 1.97 bits per heavy atom. The average molecular weight is 513 g/mol. The van der Waals surface area contributed by atoms with Crippen LogP contribution in [0.5, 0.6) is 11.5 Å². The van der Waals surface area contributed by atoms with Crippen LogP contribution in [0.1, 0.15) is 86.7 Å². The maximum Gasteiger partial charge on any atom is 0.339 e. The highest BCUT2D eigenvalue weighted by Crippen LogP contribution is 2.51. The van der Waals surface area contributed by atoms with E-state index in [-0.39, 0.29) is 28.9 Å². The molecule has 0 saturated heterocycles. The van der Waals surface area contributed by atoms with Crippen molar-refractivity contribution in [3.63, 3.8) is 0 Å². The SMILES string of the molecule is C=C(C)C1CCC(CC)=CC1c1c(O)c(NI)c(CCCCC)c(C(=O)O)c1O. The number of aromatic hydroxyl groups is 2. The summed E-state index contributed by atoms with van der Waals surface area (Å²) in [6.45, 7) is 10.2. The van der Waals surface area contributed by atoms with E-state index in [0.29, 0.717) is 23.2 Å². The quantitative estimate of drug-likeness (QED) is 0.0737. The molecule has 2 unspecified atom stereocenters. The van der Waals surface area contributed by atoms with E-state index in [1.807, 2.05) is 29.8 Å². The van der Waals surface area contributed by atoms with E-state index >= 15 is 0 Å². The standard InChI is InChI=1S/C23H32INO4/c1-5-7-8-9-16-19(23(28)29)21(26)18(22(27)20(16)25-24)17-12-14(6-2)10-11-15(17)13(3)4/h12,15,17,25-27H,3,5-11H2,1-2,4H3,(H,28,29). The second-order valence-corrected chi connectivity index (χ2v) is 8.43. The summed E-state index contributed by atoms with van der Waals surface area (Å²) in [5.41, 5.74) is 3.25. The van der Waals surface area contributed by atoms with Gasteiger partial charge in [0.2, 0.25) is 0 Å². The van der Waals surface area contributed by atoms with Gasteiger partial charge in [-0.1, -0.05) is 50.5 Å². The molecule has 1 aromatic carbocycles. The molecule has 160 valence electrons. The molecule has 4 N–H and O–H groups in total. The minimum Gasteiger partial charge on any atom is -0.507 e. The number of rotatable bonds is 9. The van der Waals surface area contributed by atoms with Crippen molar-refractivity contribution in [2.75, 3.05) is 3.53 Å². The Morgan fingerprint density at radius 3 is 2.48 bits per heavy atom. The number of hydrogen-bond acceptors (Lipinski definition) is 4. The highest BCUT2D eigenvalue weighted by atomic mass is 127. The van der Waals surface area contributed by atoms with Gasteiger partial charge in [-0.25, -0.2) is 4.79 Å². The van der Waals surface area contributed by atoms with E-state index in [1.54, 1.807) is 0 Å². The second kappa shape index (κ2) is 10.4. The van der Waals surface area contributed by atoms with Crippen LogP contribution in [0.25, 0.3) is 0 Å². The molecule has 1 aliphatic rings. The van der Waals surface area contributed by atoms with Crippen LogP contribution >= 0.6 is 22.9 Å². The average Bonchev–Trinajstić information content (AvgIpc) is 2.67. The molecule has 0 amide bonds. The first-order valence-electron chi connectivity index (χ1n) is 10.3. The first-order valence-corrected chi connectivity index (χ1v) is 11.4. The summed E-state index contributed by atoms with van der Waals surface area (Å²) in [6.07, 6.45) is 8.00. The summed E-state index contributed by atoms with van der Waals surface area (Å²) in [4.78, 5) is 12.1. The number of carbonyl (C=O) groups is 1. The van der Waals surface area contributed by atoms with Gasteiger partial charge in [0.1, 0.15) is 17.1 Å². The highest BCUT2D eigenvalue weighted by Gasteiger charge is 2.35. The summed E-state index contributed by atoms with van der Waals surface area (Å²) in [5.74, 6) is -1.82. The number of phenols is 2. The number of phenolic OH excluding ortho intramolecular Hbond substituents is 1. The third-order valence-electron chi connectivity index (χ3n) is 5.97. The summed E-state index contributed by atoms with van der Waals surface area (Å²) in [5, 5.41) is 32.1. The zero-order chi connectivity index (χ0) is 21.7. The number of unbranched alkanes of at least 4 members (excludes halogenated alkanes) is 2. The van der Waals surface area contributed by atoms with Gasteiger partial charge in [0, 0.05) is 11.5 Å². The predicted octanol–water partition coefficient (Wildman–Crippen LogP) is 6.70. The number of allylic oxidation sites excluding steroid dienone is 3. The van der Waals surface area contributed by atoms with E-state index in [1.165, 1.54) is 5.57 Å². The maximum atomic E-state index is 12.1. The molecule has 0 saturated carbocycles. The third kappa shape index (κ3) is 4.90. The molecular formula is C23H32INO4. The highest BCUT2D eigenvalue weighted by molar-refractivity contribution is 14.1. The monoisotopic (exact) mass is 513 g/mol. The first kappa shape index (κ1) is 23.6. The topological polar surface area (TPSA) is 89.8 Å². The Labute approximate surface area is 187 Å². The van der Waals surface area contributed by atoms with Gasteiger partial charge >= 0.3 is 5.97 Å². The molecule has 0 aliphatic heterocycles. The Morgan fingerprint density at radius 1 is 1.28 bits per heavy atom. The smallest absolute Gasteiger partial charge is 0.339 e. The van der Waals surface area contributed by atoms with Gasteiger partial charge in [-0.05, 0) is 50.5 Å². The van der Waals surface area contributed by atoms with Crippen molar-refractivity contribution in [2.45, 2.75) is 71.6 Å². The molecule has 29 heavy (non-hydrogen) atoms. The second-order valence-electron chi connectivity index (χ2n) is 7.89. The molecule has 0 radical (unpaired) electrons. The van der Waals surface area contributed by atoms with Crippen molar-refractivity contribution in [1.82, 2.24) is 0 Å². The molecule has 0 bridgehead atoms. The minimum absolute atomic E-state index is 0.0387. The fourth-order valence-corrected chi connectivity index (χ4v) is 4.93. The third-order valence-corrected chi connectivity index (χ3v) is 6.51. The molecule has 6 heteroatoms. The minimum atomic E-state index is -1.18. The Bertz CT molecular complexity index is 816. The fourth-order valence-electron chi connectivity index (χ4n) is 4.35. The van der Waals surface area contributed by atoms with Crippen LogP contribution in [0.4, 0.5) is 5.69 Å². The van der Waals surface area contributed by atoms with Gasteiger partial charge in [-0.3, -0.25) is 0 Å². The number of carboxylic acid groups (broad SMARTS) is 1. The predicted molar refractivity (Wildman–Crippen MR) is 126 cm³/mol. The van der Waals surface area contributed by atoms with E-state index in [2.05, 4.69) is 30.0 Å². The van der Waals surface area contributed by atoms with Crippen LogP contribution in [0, 0.1) is 5.92 Å². The van der Waals surface area contributed by atoms with Crippen LogP contribution in [-0.2, 0) is 6.42 Å². The number of halogens is 1. The number of anilines is 1. The summed E-state index contributed by atoms with van der Waals surface area (Å²) >= 11 is 1.92. The lowest BCUT2D eigenvalue weighted by Gasteiger charge is -2.33. The molecule has 2 rings (SSSR count). The number of benzene rings is 1. The van der Waals surface area contributed by atoms with Crippen LogP contribution in [0.2, 0.25) is 0 Å². The van der Waals surface area contributed by atoms with Crippen molar-refractivity contribution < 1.29 is 20.1 Å². The van der Waals surface area contributed by atoms with Gasteiger partial charge in [-0.2, -0.15) is 0 Å². The number of carboxylic acids is 1. The van der Waals surface area contributed by atoms with Gasteiger partial charge in [0.25, 0.3) is 0 Å². The zero-order valence-electron chi connectivity index (χ0n) is 17.5. The van der Waals surface area contributed by atoms with Gasteiger partial charge in [-0.15, -0.1) is 0 Å². The van der Waals surface area contributed by atoms with Crippen LogP contribution in [0.15, 0.2) is 23.8 Å². The van der Waals surface area contributed by atoms with Crippen molar-refractivity contribution in [1.29, 1.82) is 0 Å². The van der Waals surface area contributed by atoms with E-state index < -0.39 is 5.97 Å². The lowest BCUT2D eigenvalue weighted by atomic mass is 9.72. The Balaban J connectivity index is 2.75. The zero-order valence-corrected chi connectivity index (χ0v) is 19.7. The molecular weight excluding hydrogens is 481 g/mol.